The Hall–Kier alpha value is -2.39. The summed E-state index contributed by atoms with van der Waals surface area (Å²) in [5.41, 5.74) is 3.60. The maximum absolute atomic E-state index is 11.3. The number of hydrogen-bond acceptors (Lipinski definition) is 2. The molecule has 1 heterocycles. The Labute approximate surface area is 157 Å². The first-order valence-corrected chi connectivity index (χ1v) is 9.53. The number of carbonyl (C=O) groups is 1. The minimum atomic E-state index is -0.692. The Morgan fingerprint density at radius 2 is 1.58 bits per heavy atom. The van der Waals surface area contributed by atoms with Crippen molar-refractivity contribution in [2.24, 2.45) is 0 Å². The number of rotatable bonds is 6. The second-order valence-electron chi connectivity index (χ2n) is 6.17. The van der Waals surface area contributed by atoms with Gasteiger partial charge in [-0.15, -0.1) is 0 Å². The lowest BCUT2D eigenvalue weighted by atomic mass is 9.97. The monoisotopic (exact) mass is 351 g/mol. The van der Waals surface area contributed by atoms with Crippen molar-refractivity contribution in [2.45, 2.75) is 39.2 Å². The van der Waals surface area contributed by atoms with Gasteiger partial charge in [0.05, 0.1) is 0 Å². The molecule has 1 saturated heterocycles. The second-order valence-corrected chi connectivity index (χ2v) is 6.17. The van der Waals surface area contributed by atoms with Gasteiger partial charge in [-0.1, -0.05) is 80.6 Å². The average Bonchev–Trinajstić information content (AvgIpc) is 3.17. The lowest BCUT2D eigenvalue weighted by Crippen LogP contribution is -2.36. The van der Waals surface area contributed by atoms with E-state index in [1.54, 1.807) is 0 Å². The Morgan fingerprint density at radius 3 is 2.08 bits per heavy atom. The topological polar surface area (TPSA) is 40.5 Å². The van der Waals surface area contributed by atoms with Crippen molar-refractivity contribution in [3.8, 4) is 0 Å². The molecule has 1 N–H and O–H groups in total. The normalized spacial score (nSPS) is 16.5. The summed E-state index contributed by atoms with van der Waals surface area (Å²) in [6.07, 6.45) is 4.83. The van der Waals surface area contributed by atoms with E-state index in [4.69, 9.17) is 0 Å². The molecule has 0 spiro atoms. The van der Waals surface area contributed by atoms with Crippen LogP contribution in [-0.2, 0) is 4.79 Å². The molecule has 3 nitrogen and oxygen atoms in total. The van der Waals surface area contributed by atoms with Crippen LogP contribution in [0.2, 0.25) is 0 Å². The number of carboxylic acids is 1. The van der Waals surface area contributed by atoms with Gasteiger partial charge < -0.3 is 5.11 Å². The largest absolute Gasteiger partial charge is 0.480 e. The van der Waals surface area contributed by atoms with E-state index in [2.05, 4.69) is 35.2 Å². The first-order valence-electron chi connectivity index (χ1n) is 9.53. The van der Waals surface area contributed by atoms with E-state index < -0.39 is 5.97 Å². The first kappa shape index (κ1) is 19.9. The molecule has 0 bridgehead atoms. The number of carboxylic acid groups (broad SMARTS) is 1. The van der Waals surface area contributed by atoms with Crippen molar-refractivity contribution in [3.63, 3.8) is 0 Å². The minimum Gasteiger partial charge on any atom is -0.480 e. The average molecular weight is 351 g/mol. The highest BCUT2D eigenvalue weighted by molar-refractivity contribution is 5.79. The molecule has 0 unspecified atom stereocenters. The minimum absolute atomic E-state index is 0.310. The van der Waals surface area contributed by atoms with E-state index in [1.807, 2.05) is 50.2 Å². The predicted octanol–water partition coefficient (Wildman–Crippen LogP) is 5.08. The number of aliphatic carboxylic acids is 1. The van der Waals surface area contributed by atoms with Crippen molar-refractivity contribution >= 4 is 11.5 Å². The van der Waals surface area contributed by atoms with Gasteiger partial charge >= 0.3 is 5.97 Å². The fraction of sp³-hybridized carbons (Fsp3) is 0.348. The van der Waals surface area contributed by atoms with Crippen LogP contribution in [0.1, 0.15) is 44.2 Å². The zero-order chi connectivity index (χ0) is 18.8. The van der Waals surface area contributed by atoms with E-state index in [1.165, 1.54) is 16.7 Å². The zero-order valence-electron chi connectivity index (χ0n) is 15.8. The highest BCUT2D eigenvalue weighted by Crippen LogP contribution is 2.24. The summed E-state index contributed by atoms with van der Waals surface area (Å²) in [5, 5.41) is 9.29. The highest BCUT2D eigenvalue weighted by Gasteiger charge is 2.29. The molecule has 3 heteroatoms. The SMILES string of the molecule is CC.O=C(O)[C@H]1CCCN1CCC=C(c1ccccc1)c1ccccc1. The molecule has 2 aromatic carbocycles. The van der Waals surface area contributed by atoms with Crippen molar-refractivity contribution in [3.05, 3.63) is 77.9 Å². The lowest BCUT2D eigenvalue weighted by molar-refractivity contribution is -0.142. The van der Waals surface area contributed by atoms with Gasteiger partial charge in [0.2, 0.25) is 0 Å². The smallest absolute Gasteiger partial charge is 0.320 e. The summed E-state index contributed by atoms with van der Waals surface area (Å²) in [7, 11) is 0. The van der Waals surface area contributed by atoms with Crippen LogP contribution in [-0.4, -0.2) is 35.1 Å². The molecular formula is C23H29NO2. The summed E-state index contributed by atoms with van der Waals surface area (Å²) in [4.78, 5) is 13.4. The third-order valence-corrected chi connectivity index (χ3v) is 4.58. The molecular weight excluding hydrogens is 322 g/mol. The van der Waals surface area contributed by atoms with E-state index in [-0.39, 0.29) is 6.04 Å². The molecule has 0 saturated carbocycles. The van der Waals surface area contributed by atoms with Crippen molar-refractivity contribution in [2.75, 3.05) is 13.1 Å². The third-order valence-electron chi connectivity index (χ3n) is 4.58. The summed E-state index contributed by atoms with van der Waals surface area (Å²) >= 11 is 0. The van der Waals surface area contributed by atoms with E-state index >= 15 is 0 Å². The molecule has 2 aromatic rings. The van der Waals surface area contributed by atoms with Crippen LogP contribution in [0, 0.1) is 0 Å². The number of likely N-dealkylation sites (tertiary alicyclic amines) is 1. The van der Waals surface area contributed by atoms with E-state index in [0.29, 0.717) is 0 Å². The number of benzene rings is 2. The van der Waals surface area contributed by atoms with Crippen LogP contribution in [0.3, 0.4) is 0 Å². The fourth-order valence-electron chi connectivity index (χ4n) is 3.39. The molecule has 1 atom stereocenters. The van der Waals surface area contributed by atoms with Crippen LogP contribution < -0.4 is 0 Å². The van der Waals surface area contributed by atoms with Crippen LogP contribution in [0.25, 0.3) is 5.57 Å². The Bertz CT molecular complexity index is 653. The summed E-state index contributed by atoms with van der Waals surface area (Å²) in [5.74, 6) is -0.692. The maximum atomic E-state index is 11.3. The van der Waals surface area contributed by atoms with Crippen molar-refractivity contribution < 1.29 is 9.90 Å². The number of hydrogen-bond donors (Lipinski definition) is 1. The molecule has 1 aliphatic rings. The van der Waals surface area contributed by atoms with Crippen LogP contribution in [0.5, 0.6) is 0 Å². The molecule has 1 aliphatic heterocycles. The maximum Gasteiger partial charge on any atom is 0.320 e. The van der Waals surface area contributed by atoms with Crippen molar-refractivity contribution in [1.82, 2.24) is 4.90 Å². The lowest BCUT2D eigenvalue weighted by Gasteiger charge is -2.20. The fourth-order valence-corrected chi connectivity index (χ4v) is 3.39. The first-order chi connectivity index (χ1) is 12.8. The standard InChI is InChI=1S/C21H23NO2.C2H6/c23-21(24)20-14-8-16-22(20)15-7-13-19(17-9-3-1-4-10-17)18-11-5-2-6-12-18;1-2/h1-6,9-13,20H,7-8,14-16H2,(H,23,24);1-2H3/t20-;/m1./s1. The zero-order valence-corrected chi connectivity index (χ0v) is 15.8. The quantitative estimate of drug-likeness (QED) is 0.788. The van der Waals surface area contributed by atoms with Gasteiger partial charge in [-0.25, -0.2) is 0 Å². The molecule has 0 aromatic heterocycles. The summed E-state index contributed by atoms with van der Waals surface area (Å²) in [6.45, 7) is 5.68. The van der Waals surface area contributed by atoms with Gasteiger partial charge in [0.15, 0.2) is 0 Å². The predicted molar refractivity (Wildman–Crippen MR) is 108 cm³/mol. The molecule has 0 amide bonds. The van der Waals surface area contributed by atoms with Crippen LogP contribution in [0.4, 0.5) is 0 Å². The van der Waals surface area contributed by atoms with Crippen molar-refractivity contribution in [1.29, 1.82) is 0 Å². The van der Waals surface area contributed by atoms with Gasteiger partial charge in [-0.3, -0.25) is 9.69 Å². The highest BCUT2D eigenvalue weighted by atomic mass is 16.4. The van der Waals surface area contributed by atoms with Gasteiger partial charge in [0.25, 0.3) is 0 Å². The molecule has 26 heavy (non-hydrogen) atoms. The van der Waals surface area contributed by atoms with Gasteiger partial charge in [0, 0.05) is 6.54 Å². The second kappa shape index (κ2) is 10.6. The Morgan fingerprint density at radius 1 is 1.04 bits per heavy atom. The summed E-state index contributed by atoms with van der Waals surface area (Å²) < 4.78 is 0. The third kappa shape index (κ3) is 5.30. The number of nitrogens with zero attached hydrogens (tertiary/aromatic N) is 1. The summed E-state index contributed by atoms with van der Waals surface area (Å²) in [6, 6.07) is 20.4. The van der Waals surface area contributed by atoms with Crippen LogP contribution >= 0.6 is 0 Å². The molecule has 1 fully saturated rings. The molecule has 0 radical (unpaired) electrons. The molecule has 3 rings (SSSR count). The Balaban J connectivity index is 0.00000117. The van der Waals surface area contributed by atoms with E-state index in [9.17, 15) is 9.90 Å². The van der Waals surface area contributed by atoms with Crippen LogP contribution in [0.15, 0.2) is 66.7 Å². The van der Waals surface area contributed by atoms with Gasteiger partial charge in [0.1, 0.15) is 6.04 Å². The molecule has 0 aliphatic carbocycles. The van der Waals surface area contributed by atoms with E-state index in [0.717, 1.165) is 32.4 Å². The van der Waals surface area contributed by atoms with Gasteiger partial charge in [-0.05, 0) is 42.5 Å². The Kier molecular flexibility index (Phi) is 8.10. The molecule has 138 valence electrons. The van der Waals surface area contributed by atoms with Gasteiger partial charge in [-0.2, -0.15) is 0 Å².